The van der Waals surface area contributed by atoms with Crippen LogP contribution in [0.15, 0.2) is 18.2 Å². The van der Waals surface area contributed by atoms with Crippen molar-refractivity contribution in [2.45, 2.75) is 76.9 Å². The lowest BCUT2D eigenvalue weighted by atomic mass is 9.73. The molecule has 2 aliphatic rings. The molecule has 28 heavy (non-hydrogen) atoms. The van der Waals surface area contributed by atoms with Gasteiger partial charge in [0.15, 0.2) is 6.61 Å². The molecule has 5 atom stereocenters. The highest BCUT2D eigenvalue weighted by Crippen LogP contribution is 2.48. The quantitative estimate of drug-likeness (QED) is 0.532. The number of ether oxygens (including phenoxy) is 1. The molecule has 0 saturated heterocycles. The molecule has 3 rings (SSSR count). The molecule has 0 aliphatic heterocycles. The molecule has 5 heteroatoms. The van der Waals surface area contributed by atoms with Crippen molar-refractivity contribution in [3.8, 4) is 5.75 Å². The lowest BCUT2D eigenvalue weighted by molar-refractivity contribution is -0.139. The predicted molar refractivity (Wildman–Crippen MR) is 107 cm³/mol. The Labute approximate surface area is 167 Å². The van der Waals surface area contributed by atoms with E-state index in [1.54, 1.807) is 0 Å². The largest absolute Gasteiger partial charge is 0.482 e. The number of rotatable bonds is 10. The normalized spacial score (nSPS) is 27.1. The van der Waals surface area contributed by atoms with Crippen molar-refractivity contribution in [2.24, 2.45) is 17.8 Å². The molecule has 0 heterocycles. The van der Waals surface area contributed by atoms with Crippen LogP contribution in [0.1, 0.15) is 63.0 Å². The summed E-state index contributed by atoms with van der Waals surface area (Å²) >= 11 is 0. The molecule has 1 aromatic carbocycles. The van der Waals surface area contributed by atoms with Crippen LogP contribution in [0.4, 0.5) is 0 Å². The van der Waals surface area contributed by atoms with Crippen LogP contribution in [0.5, 0.6) is 5.75 Å². The van der Waals surface area contributed by atoms with E-state index in [0.29, 0.717) is 17.6 Å². The van der Waals surface area contributed by atoms with Crippen LogP contribution in [0.2, 0.25) is 0 Å². The van der Waals surface area contributed by atoms with Crippen LogP contribution in [0.25, 0.3) is 0 Å². The second-order valence-electron chi connectivity index (χ2n) is 8.60. The Bertz CT molecular complexity index is 658. The van der Waals surface area contributed by atoms with Crippen LogP contribution >= 0.6 is 0 Å². The highest BCUT2D eigenvalue weighted by molar-refractivity contribution is 5.68. The van der Waals surface area contributed by atoms with Crippen molar-refractivity contribution in [2.75, 3.05) is 6.61 Å². The molecule has 0 bridgehead atoms. The molecule has 156 valence electrons. The maximum Gasteiger partial charge on any atom is 0.341 e. The topological polar surface area (TPSA) is 87.0 Å². The molecule has 1 aromatic rings. The number of hydrogen-bond donors (Lipinski definition) is 3. The predicted octanol–water partition coefficient (Wildman–Crippen LogP) is 3.58. The van der Waals surface area contributed by atoms with Gasteiger partial charge in [-0.2, -0.15) is 0 Å². The van der Waals surface area contributed by atoms with Gasteiger partial charge in [0.1, 0.15) is 5.75 Å². The molecule has 0 radical (unpaired) electrons. The Morgan fingerprint density at radius 2 is 2.07 bits per heavy atom. The summed E-state index contributed by atoms with van der Waals surface area (Å²) in [5.74, 6) is 0.768. The summed E-state index contributed by atoms with van der Waals surface area (Å²) in [6, 6.07) is 5.87. The van der Waals surface area contributed by atoms with Gasteiger partial charge in [0, 0.05) is 0 Å². The lowest BCUT2D eigenvalue weighted by Gasteiger charge is -2.32. The lowest BCUT2D eigenvalue weighted by Crippen LogP contribution is -2.28. The standard InChI is InChI=1S/C23H34O5/c1-2-3-4-7-17(24)9-10-18-19-11-15-6-5-8-22(28-14-23(26)27)20(15)12-16(19)13-21(18)25/h5-6,8,16-19,21,24-25H,2-4,7,9-14H2,1H3,(H,26,27)/t16?,17-,18+,19-,21+/m0/s1. The van der Waals surface area contributed by atoms with E-state index in [1.165, 1.54) is 5.56 Å². The minimum Gasteiger partial charge on any atom is -0.482 e. The Kier molecular flexibility index (Phi) is 7.36. The Morgan fingerprint density at radius 1 is 1.25 bits per heavy atom. The summed E-state index contributed by atoms with van der Waals surface area (Å²) in [6.07, 6.45) is 7.85. The van der Waals surface area contributed by atoms with Gasteiger partial charge in [-0.3, -0.25) is 0 Å². The van der Waals surface area contributed by atoms with Crippen LogP contribution in [-0.2, 0) is 17.6 Å². The SMILES string of the molecule is CCCCC[C@H](O)CC[C@H]1[C@H](O)CC2Cc3c(cccc3OCC(=O)O)C[C@@H]21. The van der Waals surface area contributed by atoms with Gasteiger partial charge in [-0.25, -0.2) is 4.79 Å². The summed E-state index contributed by atoms with van der Waals surface area (Å²) in [5.41, 5.74) is 2.32. The second-order valence-corrected chi connectivity index (χ2v) is 8.60. The van der Waals surface area contributed by atoms with Gasteiger partial charge in [-0.05, 0) is 73.5 Å². The number of fused-ring (bicyclic) bond motifs is 2. The Morgan fingerprint density at radius 3 is 2.82 bits per heavy atom. The fraction of sp³-hybridized carbons (Fsp3) is 0.696. The first-order valence-electron chi connectivity index (χ1n) is 10.8. The molecule has 2 aliphatic carbocycles. The van der Waals surface area contributed by atoms with Crippen LogP contribution in [0, 0.1) is 17.8 Å². The highest BCUT2D eigenvalue weighted by atomic mass is 16.5. The first-order valence-corrected chi connectivity index (χ1v) is 10.8. The van der Waals surface area contributed by atoms with Crippen LogP contribution in [0.3, 0.4) is 0 Å². The second kappa shape index (κ2) is 9.75. The monoisotopic (exact) mass is 390 g/mol. The highest BCUT2D eigenvalue weighted by Gasteiger charge is 2.44. The van der Waals surface area contributed by atoms with E-state index >= 15 is 0 Å². The average Bonchev–Trinajstić information content (AvgIpc) is 2.97. The Balaban J connectivity index is 1.62. The van der Waals surface area contributed by atoms with Gasteiger partial charge in [0.25, 0.3) is 0 Å². The van der Waals surface area contributed by atoms with Gasteiger partial charge in [0.05, 0.1) is 12.2 Å². The van der Waals surface area contributed by atoms with Crippen molar-refractivity contribution >= 4 is 5.97 Å². The molecule has 1 fully saturated rings. The van der Waals surface area contributed by atoms with Gasteiger partial charge >= 0.3 is 5.97 Å². The number of aliphatic carboxylic acids is 1. The number of benzene rings is 1. The molecule has 0 spiro atoms. The first kappa shape index (κ1) is 21.1. The molecule has 5 nitrogen and oxygen atoms in total. The number of aliphatic hydroxyl groups is 2. The zero-order valence-electron chi connectivity index (χ0n) is 16.8. The molecular formula is C23H34O5. The van der Waals surface area contributed by atoms with E-state index in [0.717, 1.165) is 63.4 Å². The minimum atomic E-state index is -0.972. The summed E-state index contributed by atoms with van der Waals surface area (Å²) in [4.78, 5) is 10.8. The molecule has 3 N–H and O–H groups in total. The van der Waals surface area contributed by atoms with E-state index in [-0.39, 0.29) is 24.7 Å². The van der Waals surface area contributed by atoms with Crippen LogP contribution in [-0.4, -0.2) is 40.1 Å². The van der Waals surface area contributed by atoms with E-state index in [4.69, 9.17) is 9.84 Å². The zero-order chi connectivity index (χ0) is 20.1. The summed E-state index contributed by atoms with van der Waals surface area (Å²) in [7, 11) is 0. The van der Waals surface area contributed by atoms with E-state index < -0.39 is 5.97 Å². The van der Waals surface area contributed by atoms with Crippen LogP contribution < -0.4 is 4.74 Å². The molecule has 0 aromatic heterocycles. The average molecular weight is 391 g/mol. The van der Waals surface area contributed by atoms with Crippen molar-refractivity contribution in [3.63, 3.8) is 0 Å². The number of unbranched alkanes of at least 4 members (excludes halogenated alkanes) is 2. The molecule has 1 saturated carbocycles. The minimum absolute atomic E-state index is 0.238. The van der Waals surface area contributed by atoms with Gasteiger partial charge in [-0.1, -0.05) is 38.3 Å². The van der Waals surface area contributed by atoms with Crippen molar-refractivity contribution in [1.82, 2.24) is 0 Å². The fourth-order valence-electron chi connectivity index (χ4n) is 5.24. The molecule has 1 unspecified atom stereocenters. The van der Waals surface area contributed by atoms with Crippen molar-refractivity contribution in [3.05, 3.63) is 29.3 Å². The maximum absolute atomic E-state index is 10.8. The first-order chi connectivity index (χ1) is 13.5. The number of aliphatic hydroxyl groups excluding tert-OH is 2. The maximum atomic E-state index is 10.8. The summed E-state index contributed by atoms with van der Waals surface area (Å²) < 4.78 is 5.50. The summed E-state index contributed by atoms with van der Waals surface area (Å²) in [5, 5.41) is 29.8. The van der Waals surface area contributed by atoms with Gasteiger partial charge in [-0.15, -0.1) is 0 Å². The number of hydrogen-bond acceptors (Lipinski definition) is 4. The van der Waals surface area contributed by atoms with Crippen molar-refractivity contribution < 1.29 is 24.9 Å². The smallest absolute Gasteiger partial charge is 0.341 e. The summed E-state index contributed by atoms with van der Waals surface area (Å²) in [6.45, 7) is 1.84. The number of carboxylic acid groups (broad SMARTS) is 1. The van der Waals surface area contributed by atoms with E-state index in [9.17, 15) is 15.0 Å². The zero-order valence-corrected chi connectivity index (χ0v) is 16.8. The van der Waals surface area contributed by atoms with E-state index in [1.807, 2.05) is 12.1 Å². The third-order valence-corrected chi connectivity index (χ3v) is 6.67. The number of carbonyl (C=O) groups is 1. The fourth-order valence-corrected chi connectivity index (χ4v) is 5.24. The van der Waals surface area contributed by atoms with Crippen molar-refractivity contribution in [1.29, 1.82) is 0 Å². The van der Waals surface area contributed by atoms with Gasteiger partial charge < -0.3 is 20.1 Å². The third kappa shape index (κ3) is 5.06. The Hall–Kier alpha value is -1.59. The third-order valence-electron chi connectivity index (χ3n) is 6.67. The number of carboxylic acids is 1. The molecular weight excluding hydrogens is 356 g/mol. The van der Waals surface area contributed by atoms with E-state index in [2.05, 4.69) is 13.0 Å². The molecule has 0 amide bonds. The van der Waals surface area contributed by atoms with Gasteiger partial charge in [0.2, 0.25) is 0 Å².